The molecule has 0 radical (unpaired) electrons. The van der Waals surface area contributed by atoms with Crippen LogP contribution in [0.2, 0.25) is 0 Å². The van der Waals surface area contributed by atoms with Crippen LogP contribution in [0, 0.1) is 12.7 Å². The molecule has 0 amide bonds. The summed E-state index contributed by atoms with van der Waals surface area (Å²) in [5.41, 5.74) is 3.09. The summed E-state index contributed by atoms with van der Waals surface area (Å²) in [4.78, 5) is 12.5. The third kappa shape index (κ3) is 2.40. The average Bonchev–Trinajstić information content (AvgIpc) is 3.17. The van der Waals surface area contributed by atoms with Gasteiger partial charge in [0.2, 0.25) is 5.95 Å². The Balaban J connectivity index is 1.84. The van der Waals surface area contributed by atoms with Crippen LogP contribution < -0.4 is 10.9 Å². The van der Waals surface area contributed by atoms with Gasteiger partial charge in [0.1, 0.15) is 17.5 Å². The van der Waals surface area contributed by atoms with Crippen LogP contribution in [0.25, 0.3) is 11.3 Å². The SMILES string of the molecule is Cc1ccc(-c2n[nH]c(=O)c3c2C(c2ccccc2F)n2nnnc2N3)cc1. The van der Waals surface area contributed by atoms with Crippen molar-refractivity contribution in [3.63, 3.8) is 0 Å². The molecule has 1 aliphatic heterocycles. The lowest BCUT2D eigenvalue weighted by Gasteiger charge is -2.28. The molecule has 4 aromatic rings. The van der Waals surface area contributed by atoms with Crippen LogP contribution in [0.1, 0.15) is 22.7 Å². The fraction of sp³-hybridized carbons (Fsp3) is 0.105. The lowest BCUT2D eigenvalue weighted by atomic mass is 9.92. The van der Waals surface area contributed by atoms with Gasteiger partial charge in [-0.3, -0.25) is 4.79 Å². The van der Waals surface area contributed by atoms with E-state index in [9.17, 15) is 9.18 Å². The first-order valence-electron chi connectivity index (χ1n) is 8.62. The minimum Gasteiger partial charge on any atom is -0.318 e. The summed E-state index contributed by atoms with van der Waals surface area (Å²) in [6.45, 7) is 1.98. The molecule has 8 nitrogen and oxygen atoms in total. The average molecular weight is 375 g/mol. The molecule has 3 heterocycles. The lowest BCUT2D eigenvalue weighted by Crippen LogP contribution is -2.29. The monoisotopic (exact) mass is 375 g/mol. The van der Waals surface area contributed by atoms with Crippen molar-refractivity contribution < 1.29 is 4.39 Å². The maximum atomic E-state index is 14.7. The standard InChI is InChI=1S/C19H14FN7O/c1-10-6-8-11(9-7-10)15-14-16(18(28)23-22-15)21-19-24-25-26-27(19)17(14)12-4-2-3-5-13(12)20/h2-9,17H,1H3,(H,23,28)(H,21,24,26). The summed E-state index contributed by atoms with van der Waals surface area (Å²) in [5, 5.41) is 21.3. The van der Waals surface area contributed by atoms with Gasteiger partial charge in [-0.25, -0.2) is 9.49 Å². The maximum Gasteiger partial charge on any atom is 0.288 e. The summed E-state index contributed by atoms with van der Waals surface area (Å²) in [7, 11) is 0. The van der Waals surface area contributed by atoms with Crippen LogP contribution in [0.15, 0.2) is 53.3 Å². The van der Waals surface area contributed by atoms with Crippen molar-refractivity contribution in [2.75, 3.05) is 5.32 Å². The molecule has 0 spiro atoms. The van der Waals surface area contributed by atoms with Gasteiger partial charge >= 0.3 is 0 Å². The largest absolute Gasteiger partial charge is 0.318 e. The zero-order valence-electron chi connectivity index (χ0n) is 14.7. The number of hydrogen-bond acceptors (Lipinski definition) is 6. The molecule has 2 aromatic heterocycles. The number of aryl methyl sites for hydroxylation is 1. The molecule has 0 fully saturated rings. The fourth-order valence-electron chi connectivity index (χ4n) is 3.45. The normalized spacial score (nSPS) is 14.9. The van der Waals surface area contributed by atoms with Gasteiger partial charge in [0.05, 0.1) is 5.69 Å². The molecule has 9 heteroatoms. The number of rotatable bonds is 2. The van der Waals surface area contributed by atoms with Gasteiger partial charge in [-0.2, -0.15) is 9.78 Å². The van der Waals surface area contributed by atoms with E-state index >= 15 is 0 Å². The number of fused-ring (bicyclic) bond motifs is 2. The zero-order chi connectivity index (χ0) is 19.3. The number of H-pyrrole nitrogens is 1. The first kappa shape index (κ1) is 16.3. The van der Waals surface area contributed by atoms with Gasteiger partial charge in [-0.15, -0.1) is 0 Å². The highest BCUT2D eigenvalue weighted by Gasteiger charge is 2.35. The van der Waals surface area contributed by atoms with E-state index in [0.717, 1.165) is 11.1 Å². The Labute approximate surface area is 158 Å². The number of aromatic nitrogens is 6. The highest BCUT2D eigenvalue weighted by molar-refractivity contribution is 5.75. The van der Waals surface area contributed by atoms with Crippen LogP contribution in [0.4, 0.5) is 16.0 Å². The Hall–Kier alpha value is -3.88. The van der Waals surface area contributed by atoms with E-state index in [-0.39, 0.29) is 11.6 Å². The van der Waals surface area contributed by atoms with Crippen molar-refractivity contribution in [1.82, 2.24) is 30.4 Å². The maximum absolute atomic E-state index is 14.7. The van der Waals surface area contributed by atoms with Crippen molar-refractivity contribution in [3.8, 4) is 11.3 Å². The van der Waals surface area contributed by atoms with Gasteiger partial charge in [0.25, 0.3) is 5.56 Å². The highest BCUT2D eigenvalue weighted by Crippen LogP contribution is 2.41. The molecule has 0 saturated carbocycles. The summed E-state index contributed by atoms with van der Waals surface area (Å²) >= 11 is 0. The summed E-state index contributed by atoms with van der Waals surface area (Å²) in [6, 6.07) is 13.3. The smallest absolute Gasteiger partial charge is 0.288 e. The van der Waals surface area contributed by atoms with Gasteiger partial charge in [-0.05, 0) is 23.4 Å². The molecule has 28 heavy (non-hydrogen) atoms. The molecule has 0 bridgehead atoms. The van der Waals surface area contributed by atoms with Gasteiger partial charge in [-0.1, -0.05) is 53.1 Å². The highest BCUT2D eigenvalue weighted by atomic mass is 19.1. The summed E-state index contributed by atoms with van der Waals surface area (Å²) in [6.07, 6.45) is 0. The molecular formula is C19H14FN7O. The van der Waals surface area contributed by atoms with E-state index in [1.807, 2.05) is 31.2 Å². The molecular weight excluding hydrogens is 361 g/mol. The number of nitrogens with zero attached hydrogens (tertiary/aromatic N) is 5. The number of hydrogen-bond donors (Lipinski definition) is 2. The van der Waals surface area contributed by atoms with Gasteiger partial charge in [0.15, 0.2) is 0 Å². The van der Waals surface area contributed by atoms with E-state index in [0.29, 0.717) is 16.8 Å². The predicted octanol–water partition coefficient (Wildman–Crippen LogP) is 2.57. The Kier molecular flexibility index (Phi) is 3.54. The first-order valence-corrected chi connectivity index (χ1v) is 8.62. The molecule has 0 aliphatic carbocycles. The molecule has 1 unspecified atom stereocenters. The quantitative estimate of drug-likeness (QED) is 0.492. The van der Waals surface area contributed by atoms with E-state index in [1.54, 1.807) is 18.2 Å². The van der Waals surface area contributed by atoms with E-state index in [4.69, 9.17) is 0 Å². The molecule has 1 atom stereocenters. The van der Waals surface area contributed by atoms with Gasteiger partial charge in [0, 0.05) is 16.7 Å². The summed E-state index contributed by atoms with van der Waals surface area (Å²) in [5.74, 6) is -0.163. The van der Waals surface area contributed by atoms with Crippen molar-refractivity contribution in [2.45, 2.75) is 13.0 Å². The predicted molar refractivity (Wildman–Crippen MR) is 99.8 cm³/mol. The number of benzene rings is 2. The van der Waals surface area contributed by atoms with Crippen molar-refractivity contribution in [3.05, 3.63) is 81.4 Å². The number of anilines is 2. The summed E-state index contributed by atoms with van der Waals surface area (Å²) < 4.78 is 16.2. The zero-order valence-corrected chi connectivity index (χ0v) is 14.7. The second kappa shape index (κ2) is 6.08. The number of nitrogens with one attached hydrogen (secondary N) is 2. The van der Waals surface area contributed by atoms with Crippen LogP contribution >= 0.6 is 0 Å². The van der Waals surface area contributed by atoms with Crippen molar-refractivity contribution >= 4 is 11.6 Å². The molecule has 5 rings (SSSR count). The van der Waals surface area contributed by atoms with Crippen LogP contribution in [0.5, 0.6) is 0 Å². The third-order valence-electron chi connectivity index (χ3n) is 4.79. The number of halogens is 1. The van der Waals surface area contributed by atoms with E-state index in [2.05, 4.69) is 31.0 Å². The number of aromatic amines is 1. The minimum absolute atomic E-state index is 0.251. The molecule has 138 valence electrons. The Bertz CT molecular complexity index is 1250. The Morgan fingerprint density at radius 3 is 2.68 bits per heavy atom. The molecule has 1 aliphatic rings. The van der Waals surface area contributed by atoms with E-state index in [1.165, 1.54) is 10.7 Å². The molecule has 0 saturated heterocycles. The first-order chi connectivity index (χ1) is 13.6. The second-order valence-corrected chi connectivity index (χ2v) is 6.55. The fourth-order valence-corrected chi connectivity index (χ4v) is 3.45. The lowest BCUT2D eigenvalue weighted by molar-refractivity contribution is 0.527. The van der Waals surface area contributed by atoms with Crippen LogP contribution in [-0.4, -0.2) is 30.4 Å². The van der Waals surface area contributed by atoms with Crippen molar-refractivity contribution in [1.29, 1.82) is 0 Å². The number of tetrazole rings is 1. The third-order valence-corrected chi connectivity index (χ3v) is 4.79. The van der Waals surface area contributed by atoms with Gasteiger partial charge < -0.3 is 5.32 Å². The Morgan fingerprint density at radius 2 is 1.89 bits per heavy atom. The van der Waals surface area contributed by atoms with Crippen molar-refractivity contribution in [2.24, 2.45) is 0 Å². The minimum atomic E-state index is -0.742. The second-order valence-electron chi connectivity index (χ2n) is 6.55. The molecule has 2 N–H and O–H groups in total. The topological polar surface area (TPSA) is 101 Å². The van der Waals surface area contributed by atoms with Crippen LogP contribution in [-0.2, 0) is 0 Å². The Morgan fingerprint density at radius 1 is 1.11 bits per heavy atom. The molecule has 2 aromatic carbocycles. The van der Waals surface area contributed by atoms with E-state index < -0.39 is 17.4 Å². The van der Waals surface area contributed by atoms with Crippen LogP contribution in [0.3, 0.4) is 0 Å².